The molecule has 0 bridgehead atoms. The number of primary amides is 1. The molecule has 0 spiro atoms. The number of amides is 3. The lowest BCUT2D eigenvalue weighted by atomic mass is 9.86. The number of nitrogens with zero attached hydrogens (tertiary/aromatic N) is 1. The molecule has 0 radical (unpaired) electrons. The lowest BCUT2D eigenvalue weighted by molar-refractivity contribution is -0.142. The summed E-state index contributed by atoms with van der Waals surface area (Å²) in [4.78, 5) is 40.6. The third-order valence-corrected chi connectivity index (χ3v) is 7.80. The highest BCUT2D eigenvalue weighted by Crippen LogP contribution is 2.31. The van der Waals surface area contributed by atoms with Gasteiger partial charge in [-0.15, -0.1) is 0 Å². The molecule has 3 atom stereocenters. The summed E-state index contributed by atoms with van der Waals surface area (Å²) in [5, 5.41) is 15.9. The summed E-state index contributed by atoms with van der Waals surface area (Å²) < 4.78 is 0. The molecule has 202 valence electrons. The molecule has 2 aliphatic rings. The van der Waals surface area contributed by atoms with E-state index in [1.165, 1.54) is 38.5 Å². The molecule has 0 unspecified atom stereocenters. The van der Waals surface area contributed by atoms with E-state index in [4.69, 9.17) is 5.73 Å². The average molecular weight is 495 g/mol. The molecule has 1 aliphatic carbocycles. The third kappa shape index (κ3) is 8.74. The van der Waals surface area contributed by atoms with Gasteiger partial charge in [0, 0.05) is 13.2 Å². The number of nitrogens with one attached hydrogen (secondary N) is 2. The van der Waals surface area contributed by atoms with Crippen LogP contribution in [0.3, 0.4) is 0 Å². The van der Waals surface area contributed by atoms with Crippen molar-refractivity contribution in [1.82, 2.24) is 15.5 Å². The van der Waals surface area contributed by atoms with Crippen LogP contribution in [0.5, 0.6) is 0 Å². The van der Waals surface area contributed by atoms with Gasteiger partial charge in [0.05, 0.1) is 5.54 Å². The van der Waals surface area contributed by atoms with Crippen LogP contribution in [0.25, 0.3) is 0 Å². The van der Waals surface area contributed by atoms with Crippen molar-refractivity contribution in [1.29, 1.82) is 0 Å². The molecule has 3 amide bonds. The second kappa shape index (κ2) is 14.8. The van der Waals surface area contributed by atoms with E-state index in [0.29, 0.717) is 38.6 Å². The topological polar surface area (TPSA) is 125 Å². The third-order valence-electron chi connectivity index (χ3n) is 7.80. The molecule has 8 nitrogen and oxygen atoms in total. The van der Waals surface area contributed by atoms with Crippen LogP contribution in [0, 0.1) is 11.8 Å². The van der Waals surface area contributed by atoms with Gasteiger partial charge in [0.25, 0.3) is 0 Å². The Balaban J connectivity index is 2.06. The van der Waals surface area contributed by atoms with E-state index >= 15 is 0 Å². The lowest BCUT2D eigenvalue weighted by Gasteiger charge is -2.33. The monoisotopic (exact) mass is 494 g/mol. The smallest absolute Gasteiger partial charge is 0.243 e. The maximum Gasteiger partial charge on any atom is 0.243 e. The van der Waals surface area contributed by atoms with E-state index in [-0.39, 0.29) is 24.3 Å². The summed E-state index contributed by atoms with van der Waals surface area (Å²) >= 11 is 0. The summed E-state index contributed by atoms with van der Waals surface area (Å²) in [6.07, 6.45) is 12.3. The molecule has 1 aliphatic heterocycles. The summed E-state index contributed by atoms with van der Waals surface area (Å²) in [5.74, 6) is 0.0924. The first kappa shape index (κ1) is 29.6. The van der Waals surface area contributed by atoms with Gasteiger partial charge < -0.3 is 26.4 Å². The summed E-state index contributed by atoms with van der Waals surface area (Å²) in [6.45, 7) is 7.24. The van der Waals surface area contributed by atoms with Gasteiger partial charge >= 0.3 is 0 Å². The first-order chi connectivity index (χ1) is 16.7. The van der Waals surface area contributed by atoms with Crippen LogP contribution in [-0.4, -0.2) is 65.0 Å². The molecule has 2 fully saturated rings. The SMILES string of the molecule is CCC[C@@H](C(=O)N[C@@H](CC(C)C)C(N)=O)N1CC[C@@](CCCO)(NCCCC2CCCCC2)C1=O. The van der Waals surface area contributed by atoms with Crippen molar-refractivity contribution >= 4 is 17.7 Å². The number of carbonyl (C=O) groups excluding carboxylic acids is 3. The predicted molar refractivity (Wildman–Crippen MR) is 138 cm³/mol. The molecule has 2 rings (SSSR count). The molecule has 1 saturated carbocycles. The van der Waals surface area contributed by atoms with Crippen molar-refractivity contribution in [2.24, 2.45) is 17.6 Å². The molecule has 5 N–H and O–H groups in total. The van der Waals surface area contributed by atoms with E-state index < -0.39 is 23.5 Å². The van der Waals surface area contributed by atoms with Gasteiger partial charge in [-0.3, -0.25) is 14.4 Å². The Kier molecular flexibility index (Phi) is 12.5. The highest BCUT2D eigenvalue weighted by Gasteiger charge is 2.49. The summed E-state index contributed by atoms with van der Waals surface area (Å²) in [5.41, 5.74) is 4.81. The van der Waals surface area contributed by atoms with Gasteiger partial charge in [0.15, 0.2) is 0 Å². The van der Waals surface area contributed by atoms with E-state index in [2.05, 4.69) is 10.6 Å². The molecular weight excluding hydrogens is 444 g/mol. The fourth-order valence-electron chi connectivity index (χ4n) is 5.84. The second-order valence-electron chi connectivity index (χ2n) is 11.1. The van der Waals surface area contributed by atoms with Gasteiger partial charge in [-0.25, -0.2) is 0 Å². The van der Waals surface area contributed by atoms with Crippen LogP contribution in [0.2, 0.25) is 0 Å². The van der Waals surface area contributed by atoms with Gasteiger partial charge in [-0.2, -0.15) is 0 Å². The zero-order valence-electron chi connectivity index (χ0n) is 22.3. The van der Waals surface area contributed by atoms with Crippen LogP contribution < -0.4 is 16.4 Å². The van der Waals surface area contributed by atoms with Crippen molar-refractivity contribution in [3.8, 4) is 0 Å². The van der Waals surface area contributed by atoms with Gasteiger partial charge in [-0.05, 0) is 63.3 Å². The van der Waals surface area contributed by atoms with E-state index in [1.54, 1.807) is 4.90 Å². The number of likely N-dealkylation sites (tertiary alicyclic amines) is 1. The largest absolute Gasteiger partial charge is 0.396 e. The van der Waals surface area contributed by atoms with Crippen LogP contribution in [0.1, 0.15) is 104 Å². The average Bonchev–Trinajstić information content (AvgIpc) is 3.14. The molecule has 0 aromatic carbocycles. The van der Waals surface area contributed by atoms with Crippen molar-refractivity contribution in [3.05, 3.63) is 0 Å². The van der Waals surface area contributed by atoms with Crippen LogP contribution in [-0.2, 0) is 14.4 Å². The Morgan fingerprint density at radius 2 is 1.91 bits per heavy atom. The van der Waals surface area contributed by atoms with Gasteiger partial charge in [0.1, 0.15) is 12.1 Å². The number of nitrogens with two attached hydrogens (primary N) is 1. The van der Waals surface area contributed by atoms with Crippen LogP contribution >= 0.6 is 0 Å². The fraction of sp³-hybridized carbons (Fsp3) is 0.889. The Bertz CT molecular complexity index is 680. The standard InChI is InChI=1S/C27H50N4O4/c1-4-10-23(25(34)30-22(24(28)33)19-20(2)3)31-17-15-27(26(31)35,14-9-18-32)29-16-8-13-21-11-6-5-7-12-21/h20-23,29,32H,4-19H2,1-3H3,(H2,28,33)(H,30,34)/t22-,23-,27+/m0/s1. The Morgan fingerprint density at radius 3 is 2.51 bits per heavy atom. The minimum absolute atomic E-state index is 0.0349. The van der Waals surface area contributed by atoms with Crippen molar-refractivity contribution < 1.29 is 19.5 Å². The minimum atomic E-state index is -0.739. The number of carbonyl (C=O) groups is 3. The fourth-order valence-corrected chi connectivity index (χ4v) is 5.84. The number of hydrogen-bond donors (Lipinski definition) is 4. The first-order valence-corrected chi connectivity index (χ1v) is 14.0. The minimum Gasteiger partial charge on any atom is -0.396 e. The zero-order chi connectivity index (χ0) is 25.8. The highest BCUT2D eigenvalue weighted by molar-refractivity contribution is 5.95. The summed E-state index contributed by atoms with van der Waals surface area (Å²) in [7, 11) is 0. The zero-order valence-corrected chi connectivity index (χ0v) is 22.3. The molecule has 0 aromatic heterocycles. The number of aliphatic hydroxyl groups is 1. The maximum absolute atomic E-state index is 13.8. The normalized spacial score (nSPS) is 23.0. The number of aliphatic hydroxyl groups excluding tert-OH is 1. The van der Waals surface area contributed by atoms with E-state index in [0.717, 1.165) is 25.3 Å². The van der Waals surface area contributed by atoms with Crippen molar-refractivity contribution in [2.45, 2.75) is 122 Å². The predicted octanol–water partition coefficient (Wildman–Crippen LogP) is 2.87. The molecule has 1 heterocycles. The van der Waals surface area contributed by atoms with Gasteiger partial charge in [0.2, 0.25) is 17.7 Å². The highest BCUT2D eigenvalue weighted by atomic mass is 16.3. The molecule has 1 saturated heterocycles. The maximum atomic E-state index is 13.8. The van der Waals surface area contributed by atoms with E-state index in [1.807, 2.05) is 20.8 Å². The molecule has 35 heavy (non-hydrogen) atoms. The van der Waals surface area contributed by atoms with Crippen LogP contribution in [0.4, 0.5) is 0 Å². The molecule has 8 heteroatoms. The van der Waals surface area contributed by atoms with Crippen molar-refractivity contribution in [3.63, 3.8) is 0 Å². The Labute approximate surface area is 212 Å². The van der Waals surface area contributed by atoms with Crippen LogP contribution in [0.15, 0.2) is 0 Å². The molecule has 0 aromatic rings. The molecular formula is C27H50N4O4. The Morgan fingerprint density at radius 1 is 1.20 bits per heavy atom. The van der Waals surface area contributed by atoms with Crippen molar-refractivity contribution in [2.75, 3.05) is 19.7 Å². The van der Waals surface area contributed by atoms with Gasteiger partial charge in [-0.1, -0.05) is 59.3 Å². The summed E-state index contributed by atoms with van der Waals surface area (Å²) in [6, 6.07) is -1.36. The van der Waals surface area contributed by atoms with E-state index in [9.17, 15) is 19.5 Å². The lowest BCUT2D eigenvalue weighted by Crippen LogP contribution is -2.57. The first-order valence-electron chi connectivity index (χ1n) is 14.0. The number of rotatable bonds is 16. The Hall–Kier alpha value is -1.67. The quantitative estimate of drug-likeness (QED) is 0.246. The number of hydrogen-bond acceptors (Lipinski definition) is 5. The second-order valence-corrected chi connectivity index (χ2v) is 11.1.